The van der Waals surface area contributed by atoms with Crippen molar-refractivity contribution in [3.63, 3.8) is 0 Å². The summed E-state index contributed by atoms with van der Waals surface area (Å²) in [6.45, 7) is 1.81. The van der Waals surface area contributed by atoms with Gasteiger partial charge in [-0.1, -0.05) is 6.07 Å². The van der Waals surface area contributed by atoms with Gasteiger partial charge in [-0.05, 0) is 25.1 Å². The summed E-state index contributed by atoms with van der Waals surface area (Å²) in [5.41, 5.74) is 1.57. The van der Waals surface area contributed by atoms with Gasteiger partial charge in [0.1, 0.15) is 11.4 Å². The number of nitrogens with zero attached hydrogens (tertiary/aromatic N) is 4. The number of amides is 1. The van der Waals surface area contributed by atoms with E-state index in [-0.39, 0.29) is 17.6 Å². The molecule has 2 aromatic heterocycles. The molecule has 0 unspecified atom stereocenters. The third-order valence-corrected chi connectivity index (χ3v) is 2.86. The highest BCUT2D eigenvalue weighted by atomic mass is 16.5. The Labute approximate surface area is 132 Å². The Hall–Kier alpha value is -3.35. The smallest absolute Gasteiger partial charge is 0.321 e. The molecule has 0 aliphatic heterocycles. The van der Waals surface area contributed by atoms with E-state index < -0.39 is 0 Å². The normalized spacial score (nSPS) is 10.1. The first-order valence-electron chi connectivity index (χ1n) is 6.85. The van der Waals surface area contributed by atoms with Crippen LogP contribution < -0.4 is 10.1 Å². The van der Waals surface area contributed by atoms with Crippen LogP contribution in [0.1, 0.15) is 16.2 Å². The lowest BCUT2D eigenvalue weighted by Gasteiger charge is -2.07. The minimum atomic E-state index is -0.342. The van der Waals surface area contributed by atoms with Crippen molar-refractivity contribution >= 4 is 11.6 Å². The Kier molecular flexibility index (Phi) is 4.19. The average molecular weight is 307 g/mol. The lowest BCUT2D eigenvalue weighted by molar-refractivity contribution is 0.102. The van der Waals surface area contributed by atoms with Gasteiger partial charge in [-0.2, -0.15) is 0 Å². The summed E-state index contributed by atoms with van der Waals surface area (Å²) in [5.74, 6) is 0.176. The fraction of sp³-hybridized carbons (Fsp3) is 0.0625. The number of hydrogen-bond acceptors (Lipinski definition) is 6. The van der Waals surface area contributed by atoms with Crippen molar-refractivity contribution < 1.29 is 9.53 Å². The van der Waals surface area contributed by atoms with Gasteiger partial charge in [-0.15, -0.1) is 0 Å². The number of hydrogen-bond donors (Lipinski definition) is 1. The van der Waals surface area contributed by atoms with Crippen molar-refractivity contribution in [1.29, 1.82) is 0 Å². The molecule has 114 valence electrons. The van der Waals surface area contributed by atoms with Crippen LogP contribution in [0.2, 0.25) is 0 Å². The molecule has 0 saturated carbocycles. The molecule has 0 atom stereocenters. The zero-order valence-corrected chi connectivity index (χ0v) is 12.3. The van der Waals surface area contributed by atoms with Crippen LogP contribution in [0.3, 0.4) is 0 Å². The number of aryl methyl sites for hydroxylation is 1. The van der Waals surface area contributed by atoms with Gasteiger partial charge in [0, 0.05) is 30.3 Å². The molecule has 1 amide bonds. The van der Waals surface area contributed by atoms with E-state index in [1.54, 1.807) is 55.8 Å². The Balaban J connectivity index is 1.72. The van der Waals surface area contributed by atoms with E-state index in [4.69, 9.17) is 4.74 Å². The van der Waals surface area contributed by atoms with E-state index in [2.05, 4.69) is 25.3 Å². The highest BCUT2D eigenvalue weighted by Crippen LogP contribution is 2.21. The van der Waals surface area contributed by atoms with Crippen molar-refractivity contribution in [3.05, 3.63) is 66.5 Å². The van der Waals surface area contributed by atoms with Crippen LogP contribution in [-0.2, 0) is 0 Å². The van der Waals surface area contributed by atoms with Gasteiger partial charge in [0.15, 0.2) is 0 Å². The van der Waals surface area contributed by atoms with Gasteiger partial charge in [0.2, 0.25) is 0 Å². The molecule has 0 aliphatic rings. The molecule has 0 radical (unpaired) electrons. The zero-order valence-electron chi connectivity index (χ0n) is 12.3. The van der Waals surface area contributed by atoms with Gasteiger partial charge in [0.05, 0.1) is 11.9 Å². The molecule has 7 heteroatoms. The van der Waals surface area contributed by atoms with Crippen LogP contribution in [0.5, 0.6) is 11.8 Å². The van der Waals surface area contributed by atoms with Gasteiger partial charge in [-0.25, -0.2) is 15.0 Å². The first kappa shape index (κ1) is 14.6. The summed E-state index contributed by atoms with van der Waals surface area (Å²) < 4.78 is 5.52. The monoisotopic (exact) mass is 307 g/mol. The molecular weight excluding hydrogens is 294 g/mol. The number of carbonyl (C=O) groups is 1. The summed E-state index contributed by atoms with van der Waals surface area (Å²) in [6, 6.07) is 8.87. The Morgan fingerprint density at radius 2 is 1.87 bits per heavy atom. The van der Waals surface area contributed by atoms with E-state index >= 15 is 0 Å². The van der Waals surface area contributed by atoms with Crippen LogP contribution >= 0.6 is 0 Å². The molecule has 0 spiro atoms. The van der Waals surface area contributed by atoms with Crippen LogP contribution in [0.25, 0.3) is 0 Å². The molecule has 1 N–H and O–H groups in total. The van der Waals surface area contributed by atoms with Crippen molar-refractivity contribution in [2.24, 2.45) is 0 Å². The maximum Gasteiger partial charge on any atom is 0.321 e. The molecule has 3 aromatic rings. The molecule has 0 aliphatic carbocycles. The van der Waals surface area contributed by atoms with Crippen LogP contribution in [-0.4, -0.2) is 25.8 Å². The van der Waals surface area contributed by atoms with Crippen molar-refractivity contribution in [2.45, 2.75) is 6.92 Å². The second kappa shape index (κ2) is 6.61. The third kappa shape index (κ3) is 3.85. The summed E-state index contributed by atoms with van der Waals surface area (Å²) in [5, 5.41) is 2.74. The van der Waals surface area contributed by atoms with Gasteiger partial charge in [-0.3, -0.25) is 9.78 Å². The number of rotatable bonds is 4. The summed E-state index contributed by atoms with van der Waals surface area (Å²) in [6.07, 6.45) is 6.15. The predicted molar refractivity (Wildman–Crippen MR) is 83.3 cm³/mol. The largest absolute Gasteiger partial charge is 0.424 e. The van der Waals surface area contributed by atoms with Crippen LogP contribution in [0, 0.1) is 6.92 Å². The summed E-state index contributed by atoms with van der Waals surface area (Å²) in [4.78, 5) is 28.2. The van der Waals surface area contributed by atoms with Crippen molar-refractivity contribution in [3.8, 4) is 11.8 Å². The lowest BCUT2D eigenvalue weighted by atomic mass is 10.3. The van der Waals surface area contributed by atoms with E-state index in [1.165, 1.54) is 6.20 Å². The fourth-order valence-electron chi connectivity index (χ4n) is 1.79. The Bertz CT molecular complexity index is 806. The van der Waals surface area contributed by atoms with E-state index in [1.807, 2.05) is 0 Å². The molecule has 3 rings (SSSR count). The molecule has 23 heavy (non-hydrogen) atoms. The fourth-order valence-corrected chi connectivity index (χ4v) is 1.79. The maximum atomic E-state index is 12.1. The van der Waals surface area contributed by atoms with Crippen LogP contribution in [0.15, 0.2) is 55.1 Å². The summed E-state index contributed by atoms with van der Waals surface area (Å²) >= 11 is 0. The quantitative estimate of drug-likeness (QED) is 0.797. The highest BCUT2D eigenvalue weighted by molar-refractivity contribution is 6.02. The molecule has 0 saturated heterocycles. The van der Waals surface area contributed by atoms with Crippen LogP contribution in [0.4, 0.5) is 5.69 Å². The van der Waals surface area contributed by atoms with Gasteiger partial charge >= 0.3 is 6.01 Å². The van der Waals surface area contributed by atoms with Crippen molar-refractivity contribution in [1.82, 2.24) is 19.9 Å². The number of nitrogens with one attached hydrogen (secondary N) is 1. The minimum absolute atomic E-state index is 0.236. The van der Waals surface area contributed by atoms with E-state index in [9.17, 15) is 4.79 Å². The second-order valence-corrected chi connectivity index (χ2v) is 4.66. The number of benzene rings is 1. The Morgan fingerprint density at radius 1 is 1.04 bits per heavy atom. The number of anilines is 1. The average Bonchev–Trinajstić information content (AvgIpc) is 2.57. The third-order valence-electron chi connectivity index (χ3n) is 2.86. The number of aromatic nitrogens is 4. The lowest BCUT2D eigenvalue weighted by Crippen LogP contribution is -2.14. The Morgan fingerprint density at radius 3 is 2.61 bits per heavy atom. The SMILES string of the molecule is Cc1cnc(C(=O)Nc2cccc(Oc3ncccn3)c2)cn1. The molecule has 1 aromatic carbocycles. The minimum Gasteiger partial charge on any atom is -0.424 e. The number of ether oxygens (including phenoxy) is 1. The molecule has 2 heterocycles. The van der Waals surface area contributed by atoms with Gasteiger partial charge in [0.25, 0.3) is 5.91 Å². The van der Waals surface area contributed by atoms with E-state index in [0.717, 1.165) is 5.69 Å². The first-order chi connectivity index (χ1) is 11.2. The topological polar surface area (TPSA) is 89.9 Å². The molecule has 0 bridgehead atoms. The summed E-state index contributed by atoms with van der Waals surface area (Å²) in [7, 11) is 0. The number of carbonyl (C=O) groups excluding carboxylic acids is 1. The molecular formula is C16H13N5O2. The highest BCUT2D eigenvalue weighted by Gasteiger charge is 2.09. The van der Waals surface area contributed by atoms with E-state index in [0.29, 0.717) is 11.4 Å². The molecule has 0 fully saturated rings. The predicted octanol–water partition coefficient (Wildman–Crippen LogP) is 2.62. The standard InChI is InChI=1S/C16H13N5O2/c1-11-9-20-14(10-19-11)15(22)21-12-4-2-5-13(8-12)23-16-17-6-3-7-18-16/h2-10H,1H3,(H,21,22). The zero-order chi connectivity index (χ0) is 16.1. The second-order valence-electron chi connectivity index (χ2n) is 4.66. The molecule has 7 nitrogen and oxygen atoms in total. The van der Waals surface area contributed by atoms with Gasteiger partial charge < -0.3 is 10.1 Å². The maximum absolute atomic E-state index is 12.1. The first-order valence-corrected chi connectivity index (χ1v) is 6.85. The van der Waals surface area contributed by atoms with Crippen molar-refractivity contribution in [2.75, 3.05) is 5.32 Å².